The van der Waals surface area contributed by atoms with E-state index in [0.717, 1.165) is 25.1 Å². The van der Waals surface area contributed by atoms with Crippen LogP contribution in [0.25, 0.3) is 0 Å². The number of hydrogen-bond donors (Lipinski definition) is 2. The van der Waals surface area contributed by atoms with Gasteiger partial charge in [0.05, 0.1) is 12.1 Å². The van der Waals surface area contributed by atoms with E-state index in [0.29, 0.717) is 12.5 Å². The molecule has 1 aliphatic heterocycles. The van der Waals surface area contributed by atoms with Crippen LogP contribution in [0.5, 0.6) is 0 Å². The van der Waals surface area contributed by atoms with Gasteiger partial charge in [0.15, 0.2) is 0 Å². The number of amides is 1. The molecule has 2 atom stereocenters. The fraction of sp³-hybridized carbons (Fsp3) is 0.667. The molecule has 0 aliphatic carbocycles. The third-order valence-electron chi connectivity index (χ3n) is 3.33. The number of aromatic nitrogens is 2. The lowest BCUT2D eigenvalue weighted by Crippen LogP contribution is -2.35. The number of rotatable bonds is 4. The van der Waals surface area contributed by atoms with Crippen LogP contribution in [-0.2, 0) is 18.3 Å². The lowest BCUT2D eigenvalue weighted by atomic mass is 9.97. The first-order chi connectivity index (χ1) is 8.16. The average molecular weight is 236 g/mol. The molecule has 1 aromatic rings. The van der Waals surface area contributed by atoms with Crippen molar-refractivity contribution in [3.05, 3.63) is 18.0 Å². The summed E-state index contributed by atoms with van der Waals surface area (Å²) in [5.41, 5.74) is 1.16. The van der Waals surface area contributed by atoms with E-state index in [2.05, 4.69) is 22.7 Å². The summed E-state index contributed by atoms with van der Waals surface area (Å²) in [5.74, 6) is 0.740. The van der Waals surface area contributed by atoms with E-state index in [9.17, 15) is 4.79 Å². The topological polar surface area (TPSA) is 59.0 Å². The van der Waals surface area contributed by atoms with Crippen molar-refractivity contribution in [3.63, 3.8) is 0 Å². The van der Waals surface area contributed by atoms with E-state index in [1.807, 2.05) is 19.4 Å². The van der Waals surface area contributed by atoms with E-state index in [-0.39, 0.29) is 11.8 Å². The van der Waals surface area contributed by atoms with Gasteiger partial charge in [-0.15, -0.1) is 0 Å². The third-order valence-corrected chi connectivity index (χ3v) is 3.33. The molecule has 2 heterocycles. The van der Waals surface area contributed by atoms with Crippen molar-refractivity contribution < 1.29 is 4.79 Å². The lowest BCUT2D eigenvalue weighted by molar-refractivity contribution is -0.125. The maximum Gasteiger partial charge on any atom is 0.224 e. The second kappa shape index (κ2) is 5.31. The number of hydrogen-bond acceptors (Lipinski definition) is 3. The smallest absolute Gasteiger partial charge is 0.224 e. The van der Waals surface area contributed by atoms with Crippen LogP contribution < -0.4 is 10.6 Å². The third kappa shape index (κ3) is 3.06. The molecule has 94 valence electrons. The van der Waals surface area contributed by atoms with E-state index in [4.69, 9.17) is 0 Å². The van der Waals surface area contributed by atoms with Crippen molar-refractivity contribution in [2.24, 2.45) is 18.9 Å². The monoisotopic (exact) mass is 236 g/mol. The lowest BCUT2D eigenvalue weighted by Gasteiger charge is -2.13. The van der Waals surface area contributed by atoms with Crippen LogP contribution in [0.1, 0.15) is 12.5 Å². The molecule has 0 saturated carbocycles. The maximum atomic E-state index is 11.9. The second-order valence-electron chi connectivity index (χ2n) is 4.81. The Morgan fingerprint density at radius 2 is 2.47 bits per heavy atom. The van der Waals surface area contributed by atoms with Crippen LogP contribution in [0.4, 0.5) is 0 Å². The Kier molecular flexibility index (Phi) is 3.78. The molecule has 17 heavy (non-hydrogen) atoms. The van der Waals surface area contributed by atoms with E-state index in [1.54, 1.807) is 4.68 Å². The SMILES string of the molecule is CC1CNCC1C(=O)NCCc1cnn(C)c1. The molecule has 5 heteroatoms. The fourth-order valence-electron chi connectivity index (χ4n) is 2.22. The Morgan fingerprint density at radius 3 is 3.06 bits per heavy atom. The molecule has 0 radical (unpaired) electrons. The minimum absolute atomic E-state index is 0.129. The highest BCUT2D eigenvalue weighted by Crippen LogP contribution is 2.15. The fourth-order valence-corrected chi connectivity index (χ4v) is 2.22. The summed E-state index contributed by atoms with van der Waals surface area (Å²) >= 11 is 0. The molecular formula is C12H20N4O. The highest BCUT2D eigenvalue weighted by atomic mass is 16.1. The average Bonchev–Trinajstić information content (AvgIpc) is 2.87. The van der Waals surface area contributed by atoms with E-state index in [1.165, 1.54) is 0 Å². The zero-order valence-electron chi connectivity index (χ0n) is 10.4. The molecule has 1 amide bonds. The van der Waals surface area contributed by atoms with Gasteiger partial charge in [0, 0.05) is 26.3 Å². The van der Waals surface area contributed by atoms with Crippen molar-refractivity contribution in [2.75, 3.05) is 19.6 Å². The molecule has 0 aromatic carbocycles. The van der Waals surface area contributed by atoms with Gasteiger partial charge in [0.1, 0.15) is 0 Å². The quantitative estimate of drug-likeness (QED) is 0.769. The molecule has 0 spiro atoms. The van der Waals surface area contributed by atoms with Gasteiger partial charge in [-0.05, 0) is 24.4 Å². The normalized spacial score (nSPS) is 23.9. The van der Waals surface area contributed by atoms with Gasteiger partial charge in [0.25, 0.3) is 0 Å². The zero-order valence-corrected chi connectivity index (χ0v) is 10.4. The van der Waals surface area contributed by atoms with Crippen LogP contribution in [0, 0.1) is 11.8 Å². The molecular weight excluding hydrogens is 216 g/mol. The van der Waals surface area contributed by atoms with Gasteiger partial charge in [-0.1, -0.05) is 6.92 Å². The van der Waals surface area contributed by atoms with Crippen molar-refractivity contribution in [2.45, 2.75) is 13.3 Å². The first kappa shape index (κ1) is 12.1. The molecule has 1 aliphatic rings. The van der Waals surface area contributed by atoms with Crippen molar-refractivity contribution in [1.82, 2.24) is 20.4 Å². The van der Waals surface area contributed by atoms with Crippen molar-refractivity contribution in [1.29, 1.82) is 0 Å². The highest BCUT2D eigenvalue weighted by molar-refractivity contribution is 5.79. The summed E-state index contributed by atoms with van der Waals surface area (Å²) in [6.07, 6.45) is 4.66. The zero-order chi connectivity index (χ0) is 12.3. The van der Waals surface area contributed by atoms with Crippen LogP contribution in [-0.4, -0.2) is 35.3 Å². The number of aryl methyl sites for hydroxylation is 1. The molecule has 1 aromatic heterocycles. The molecule has 2 N–H and O–H groups in total. The number of carbonyl (C=O) groups is 1. The summed E-state index contributed by atoms with van der Waals surface area (Å²) < 4.78 is 1.78. The van der Waals surface area contributed by atoms with Crippen molar-refractivity contribution >= 4 is 5.91 Å². The van der Waals surface area contributed by atoms with Crippen LogP contribution in [0.15, 0.2) is 12.4 Å². The van der Waals surface area contributed by atoms with Gasteiger partial charge in [-0.2, -0.15) is 5.10 Å². The first-order valence-electron chi connectivity index (χ1n) is 6.13. The minimum atomic E-state index is 0.129. The largest absolute Gasteiger partial charge is 0.355 e. The number of carbonyl (C=O) groups excluding carboxylic acids is 1. The number of nitrogens with one attached hydrogen (secondary N) is 2. The Morgan fingerprint density at radius 1 is 1.65 bits per heavy atom. The second-order valence-corrected chi connectivity index (χ2v) is 4.81. The standard InChI is InChI=1S/C12H20N4O/c1-9-5-13-7-11(9)12(17)14-4-3-10-6-15-16(2)8-10/h6,8-9,11,13H,3-5,7H2,1-2H3,(H,14,17). The Balaban J connectivity index is 1.73. The Bertz CT molecular complexity index is 388. The summed E-state index contributed by atoms with van der Waals surface area (Å²) in [6.45, 7) is 4.56. The Labute approximate surface area is 102 Å². The summed E-state index contributed by atoms with van der Waals surface area (Å²) in [4.78, 5) is 11.9. The Hall–Kier alpha value is -1.36. The maximum absolute atomic E-state index is 11.9. The molecule has 1 saturated heterocycles. The minimum Gasteiger partial charge on any atom is -0.355 e. The highest BCUT2D eigenvalue weighted by Gasteiger charge is 2.28. The van der Waals surface area contributed by atoms with Gasteiger partial charge in [0.2, 0.25) is 5.91 Å². The molecule has 1 fully saturated rings. The van der Waals surface area contributed by atoms with E-state index >= 15 is 0 Å². The predicted molar refractivity (Wildman–Crippen MR) is 65.4 cm³/mol. The van der Waals surface area contributed by atoms with Gasteiger partial charge in [-0.25, -0.2) is 0 Å². The molecule has 0 bridgehead atoms. The summed E-state index contributed by atoms with van der Waals surface area (Å²) in [6, 6.07) is 0. The molecule has 5 nitrogen and oxygen atoms in total. The predicted octanol–water partition coefficient (Wildman–Crippen LogP) is -0.0657. The molecule has 2 rings (SSSR count). The van der Waals surface area contributed by atoms with Crippen LogP contribution >= 0.6 is 0 Å². The van der Waals surface area contributed by atoms with Gasteiger partial charge in [-0.3, -0.25) is 9.48 Å². The summed E-state index contributed by atoms with van der Waals surface area (Å²) in [7, 11) is 1.90. The van der Waals surface area contributed by atoms with Crippen LogP contribution in [0.2, 0.25) is 0 Å². The van der Waals surface area contributed by atoms with Gasteiger partial charge >= 0.3 is 0 Å². The van der Waals surface area contributed by atoms with E-state index < -0.39 is 0 Å². The summed E-state index contributed by atoms with van der Waals surface area (Å²) in [5, 5.41) is 10.3. The van der Waals surface area contributed by atoms with Gasteiger partial charge < -0.3 is 10.6 Å². The first-order valence-corrected chi connectivity index (χ1v) is 6.13. The molecule has 2 unspecified atom stereocenters. The van der Waals surface area contributed by atoms with Crippen LogP contribution in [0.3, 0.4) is 0 Å². The number of nitrogens with zero attached hydrogens (tertiary/aromatic N) is 2. The van der Waals surface area contributed by atoms with Crippen molar-refractivity contribution in [3.8, 4) is 0 Å².